The average molecular weight is 349 g/mol. The number of esters is 1. The molecule has 1 aromatic carbocycles. The molecule has 128 valence electrons. The lowest BCUT2D eigenvalue weighted by Gasteiger charge is -2.30. The van der Waals surface area contributed by atoms with Crippen LogP contribution >= 0.6 is 12.2 Å². The zero-order valence-electron chi connectivity index (χ0n) is 13.4. The van der Waals surface area contributed by atoms with Crippen molar-refractivity contribution in [2.45, 2.75) is 19.9 Å². The van der Waals surface area contributed by atoms with Crippen LogP contribution in [0, 0.1) is 0 Å². The second-order valence-corrected chi connectivity index (χ2v) is 5.49. The van der Waals surface area contributed by atoms with E-state index in [-0.39, 0.29) is 13.2 Å². The highest BCUT2D eigenvalue weighted by Crippen LogP contribution is 2.33. The molecule has 0 saturated heterocycles. The number of hydrogen-bond donors (Lipinski definition) is 3. The lowest BCUT2D eigenvalue weighted by Crippen LogP contribution is -2.45. The van der Waals surface area contributed by atoms with Crippen molar-refractivity contribution in [2.24, 2.45) is 5.73 Å². The van der Waals surface area contributed by atoms with E-state index in [1.165, 1.54) is 0 Å². The van der Waals surface area contributed by atoms with Crippen LogP contribution in [0.25, 0.3) is 0 Å². The highest BCUT2D eigenvalue weighted by atomic mass is 32.1. The summed E-state index contributed by atoms with van der Waals surface area (Å²) in [4.78, 5) is 23.3. The number of para-hydroxylation sites is 1. The summed E-state index contributed by atoms with van der Waals surface area (Å²) < 4.78 is 10.6. The highest BCUT2D eigenvalue weighted by molar-refractivity contribution is 7.80. The summed E-state index contributed by atoms with van der Waals surface area (Å²) in [6, 6.07) is 6.50. The fraction of sp³-hybridized carbons (Fsp3) is 0.312. The molecule has 0 unspecified atom stereocenters. The number of allylic oxidation sites excluding steroid dienone is 1. The Hall–Kier alpha value is -2.61. The van der Waals surface area contributed by atoms with Gasteiger partial charge in [-0.2, -0.15) is 0 Å². The van der Waals surface area contributed by atoms with Crippen molar-refractivity contribution in [3.8, 4) is 5.75 Å². The topological polar surface area (TPSA) is 103 Å². The lowest BCUT2D eigenvalue weighted by molar-refractivity contribution is -0.139. The summed E-state index contributed by atoms with van der Waals surface area (Å²) >= 11 is 5.19. The smallest absolute Gasteiger partial charge is 0.338 e. The molecule has 1 amide bonds. The number of ether oxygens (including phenoxy) is 2. The predicted molar refractivity (Wildman–Crippen MR) is 92.1 cm³/mol. The molecule has 1 atom stereocenters. The van der Waals surface area contributed by atoms with Crippen molar-refractivity contribution in [3.05, 3.63) is 41.1 Å². The summed E-state index contributed by atoms with van der Waals surface area (Å²) in [5.74, 6) is -0.601. The van der Waals surface area contributed by atoms with Gasteiger partial charge in [0.25, 0.3) is 5.91 Å². The van der Waals surface area contributed by atoms with Crippen molar-refractivity contribution in [1.82, 2.24) is 10.6 Å². The van der Waals surface area contributed by atoms with Crippen molar-refractivity contribution >= 4 is 29.2 Å². The van der Waals surface area contributed by atoms with Gasteiger partial charge in [-0.15, -0.1) is 0 Å². The summed E-state index contributed by atoms with van der Waals surface area (Å²) in [5.41, 5.74) is 6.80. The molecule has 4 N–H and O–H groups in total. The van der Waals surface area contributed by atoms with Crippen LogP contribution in [-0.4, -0.2) is 30.2 Å². The molecule has 1 aliphatic rings. The van der Waals surface area contributed by atoms with Gasteiger partial charge >= 0.3 is 5.97 Å². The van der Waals surface area contributed by atoms with E-state index in [1.807, 2.05) is 0 Å². The van der Waals surface area contributed by atoms with Crippen molar-refractivity contribution in [3.63, 3.8) is 0 Å². The number of primary amides is 1. The minimum absolute atomic E-state index is 0.257. The second kappa shape index (κ2) is 7.78. The number of amides is 1. The zero-order chi connectivity index (χ0) is 17.7. The predicted octanol–water partition coefficient (Wildman–Crippen LogP) is 0.907. The Morgan fingerprint density at radius 2 is 2.04 bits per heavy atom. The number of benzene rings is 1. The molecular formula is C16H19N3O4S. The number of nitrogens with one attached hydrogen (secondary N) is 2. The average Bonchev–Trinajstić information content (AvgIpc) is 2.52. The van der Waals surface area contributed by atoms with E-state index < -0.39 is 17.9 Å². The fourth-order valence-corrected chi connectivity index (χ4v) is 2.68. The Morgan fingerprint density at radius 3 is 2.71 bits per heavy atom. The van der Waals surface area contributed by atoms with Crippen LogP contribution in [0.2, 0.25) is 0 Å². The van der Waals surface area contributed by atoms with Crippen LogP contribution in [0.15, 0.2) is 35.5 Å². The fourth-order valence-electron chi connectivity index (χ4n) is 2.41. The standard InChI is InChI=1S/C16H19N3O4S/c1-3-22-15(21)13-9(2)18-16(24)19-14(13)10-6-4-5-7-11(10)23-8-12(17)20/h4-7,14H,3,8H2,1-2H3,(H2,17,20)(H2,18,19,24)/t14-/m0/s1. The second-order valence-electron chi connectivity index (χ2n) is 5.08. The van der Waals surface area contributed by atoms with Crippen LogP contribution in [0.1, 0.15) is 25.5 Å². The van der Waals surface area contributed by atoms with Gasteiger partial charge in [-0.1, -0.05) is 18.2 Å². The Balaban J connectivity index is 2.44. The number of thiocarbonyl (C=S) groups is 1. The number of carbonyl (C=O) groups excluding carboxylic acids is 2. The Kier molecular flexibility index (Phi) is 5.75. The molecule has 0 aliphatic carbocycles. The van der Waals surface area contributed by atoms with Crippen molar-refractivity contribution < 1.29 is 19.1 Å². The van der Waals surface area contributed by atoms with Crippen LogP contribution in [-0.2, 0) is 14.3 Å². The Labute approximate surface area is 145 Å². The summed E-state index contributed by atoms with van der Waals surface area (Å²) in [7, 11) is 0. The summed E-state index contributed by atoms with van der Waals surface area (Å²) in [6.07, 6.45) is 0. The lowest BCUT2D eigenvalue weighted by atomic mass is 9.95. The third-order valence-corrected chi connectivity index (χ3v) is 3.58. The summed E-state index contributed by atoms with van der Waals surface area (Å²) in [6.45, 7) is 3.48. The normalized spacial score (nSPS) is 16.9. The van der Waals surface area contributed by atoms with Crippen LogP contribution in [0.4, 0.5) is 0 Å². The molecule has 0 aromatic heterocycles. The van der Waals surface area contributed by atoms with Gasteiger partial charge in [0.05, 0.1) is 18.2 Å². The number of nitrogens with two attached hydrogens (primary N) is 1. The number of carbonyl (C=O) groups is 2. The summed E-state index contributed by atoms with van der Waals surface area (Å²) in [5, 5.41) is 6.35. The van der Waals surface area contributed by atoms with E-state index in [9.17, 15) is 9.59 Å². The SMILES string of the molecule is CCOC(=O)C1=C(C)NC(=S)N[C@H]1c1ccccc1OCC(N)=O. The van der Waals surface area contributed by atoms with Gasteiger partial charge < -0.3 is 25.8 Å². The molecule has 1 aromatic rings. The van der Waals surface area contributed by atoms with Gasteiger partial charge in [-0.05, 0) is 32.1 Å². The first-order valence-electron chi connectivity index (χ1n) is 7.39. The first kappa shape index (κ1) is 17.7. The van der Waals surface area contributed by atoms with E-state index in [1.54, 1.807) is 38.1 Å². The van der Waals surface area contributed by atoms with Gasteiger partial charge in [0.1, 0.15) is 5.75 Å². The quantitative estimate of drug-likeness (QED) is 0.518. The number of rotatable bonds is 6. The molecular weight excluding hydrogens is 330 g/mol. The zero-order valence-corrected chi connectivity index (χ0v) is 14.2. The van der Waals surface area contributed by atoms with Crippen molar-refractivity contribution in [1.29, 1.82) is 0 Å². The molecule has 0 saturated carbocycles. The Bertz CT molecular complexity index is 702. The third-order valence-electron chi connectivity index (χ3n) is 3.36. The van der Waals surface area contributed by atoms with E-state index >= 15 is 0 Å². The Morgan fingerprint density at radius 1 is 1.33 bits per heavy atom. The molecule has 7 nitrogen and oxygen atoms in total. The molecule has 8 heteroatoms. The first-order chi connectivity index (χ1) is 11.4. The van der Waals surface area contributed by atoms with Gasteiger partial charge in [0.15, 0.2) is 11.7 Å². The molecule has 1 aliphatic heterocycles. The van der Waals surface area contributed by atoms with Crippen LogP contribution in [0.3, 0.4) is 0 Å². The molecule has 0 spiro atoms. The monoisotopic (exact) mass is 349 g/mol. The maximum Gasteiger partial charge on any atom is 0.338 e. The van der Waals surface area contributed by atoms with Gasteiger partial charge in [-0.25, -0.2) is 4.79 Å². The molecule has 0 radical (unpaired) electrons. The number of hydrogen-bond acceptors (Lipinski definition) is 5. The van der Waals surface area contributed by atoms with E-state index in [0.29, 0.717) is 27.7 Å². The molecule has 24 heavy (non-hydrogen) atoms. The van der Waals surface area contributed by atoms with Gasteiger partial charge in [0.2, 0.25) is 0 Å². The minimum Gasteiger partial charge on any atom is -0.483 e. The maximum atomic E-state index is 12.4. The van der Waals surface area contributed by atoms with Gasteiger partial charge in [-0.3, -0.25) is 4.79 Å². The first-order valence-corrected chi connectivity index (χ1v) is 7.80. The van der Waals surface area contributed by atoms with Crippen LogP contribution < -0.4 is 21.1 Å². The van der Waals surface area contributed by atoms with Gasteiger partial charge in [0, 0.05) is 11.3 Å². The third kappa shape index (κ3) is 4.02. The van der Waals surface area contributed by atoms with Crippen molar-refractivity contribution in [2.75, 3.05) is 13.2 Å². The molecule has 1 heterocycles. The van der Waals surface area contributed by atoms with E-state index in [4.69, 9.17) is 27.4 Å². The van der Waals surface area contributed by atoms with Crippen LogP contribution in [0.5, 0.6) is 5.75 Å². The van der Waals surface area contributed by atoms with E-state index in [2.05, 4.69) is 10.6 Å². The largest absolute Gasteiger partial charge is 0.483 e. The minimum atomic E-state index is -0.587. The molecule has 0 fully saturated rings. The molecule has 2 rings (SSSR count). The highest BCUT2D eigenvalue weighted by Gasteiger charge is 2.32. The maximum absolute atomic E-state index is 12.4. The molecule has 0 bridgehead atoms. The van der Waals surface area contributed by atoms with E-state index in [0.717, 1.165) is 0 Å².